The van der Waals surface area contributed by atoms with Gasteiger partial charge in [0.2, 0.25) is 5.89 Å². The van der Waals surface area contributed by atoms with E-state index in [1.807, 2.05) is 0 Å². The fourth-order valence-electron chi connectivity index (χ4n) is 1.24. The molecule has 8 heteroatoms. The minimum atomic E-state index is 0.250. The molecule has 2 aromatic heterocycles. The van der Waals surface area contributed by atoms with E-state index in [0.29, 0.717) is 35.5 Å². The van der Waals surface area contributed by atoms with E-state index in [1.54, 1.807) is 6.92 Å². The van der Waals surface area contributed by atoms with Gasteiger partial charge in [-0.1, -0.05) is 16.8 Å². The van der Waals surface area contributed by atoms with Crippen LogP contribution in [0.1, 0.15) is 11.7 Å². The number of nitrogens with zero attached hydrogens (tertiary/aromatic N) is 4. The zero-order chi connectivity index (χ0) is 12.3. The van der Waals surface area contributed by atoms with E-state index >= 15 is 0 Å². The van der Waals surface area contributed by atoms with Gasteiger partial charge in [0.1, 0.15) is 23.0 Å². The van der Waals surface area contributed by atoms with Crippen molar-refractivity contribution in [2.24, 2.45) is 0 Å². The standard InChI is InChI=1S/C9H11ClN6O/c1-5-15-6(16-17-5)2-3-12-9-7(10)8(11)13-4-14-9/h4H,2-3H2,1H3,(H3,11,12,13,14). The number of nitrogens with one attached hydrogen (secondary N) is 1. The lowest BCUT2D eigenvalue weighted by Crippen LogP contribution is -2.09. The maximum Gasteiger partial charge on any atom is 0.223 e. The monoisotopic (exact) mass is 254 g/mol. The number of hydrogen-bond donors (Lipinski definition) is 2. The number of nitrogens with two attached hydrogens (primary N) is 1. The summed E-state index contributed by atoms with van der Waals surface area (Å²) >= 11 is 5.92. The summed E-state index contributed by atoms with van der Waals surface area (Å²) in [5, 5.41) is 7.11. The van der Waals surface area contributed by atoms with Crippen molar-refractivity contribution in [1.82, 2.24) is 20.1 Å². The second kappa shape index (κ2) is 4.96. The maximum absolute atomic E-state index is 5.92. The summed E-state index contributed by atoms with van der Waals surface area (Å²) in [6.07, 6.45) is 1.96. The van der Waals surface area contributed by atoms with Gasteiger partial charge < -0.3 is 15.6 Å². The Hall–Kier alpha value is -1.89. The van der Waals surface area contributed by atoms with Crippen molar-refractivity contribution >= 4 is 23.2 Å². The highest BCUT2D eigenvalue weighted by Gasteiger charge is 2.06. The molecule has 0 spiro atoms. The first-order chi connectivity index (χ1) is 8.16. The fourth-order valence-corrected chi connectivity index (χ4v) is 1.41. The summed E-state index contributed by atoms with van der Waals surface area (Å²) in [5.41, 5.74) is 5.54. The molecule has 0 aliphatic heterocycles. The van der Waals surface area contributed by atoms with Crippen LogP contribution in [0.5, 0.6) is 0 Å². The summed E-state index contributed by atoms with van der Waals surface area (Å²) in [6.45, 7) is 2.32. The van der Waals surface area contributed by atoms with E-state index in [9.17, 15) is 0 Å². The Morgan fingerprint density at radius 2 is 2.29 bits per heavy atom. The molecule has 0 aliphatic rings. The predicted molar refractivity (Wildman–Crippen MR) is 62.7 cm³/mol. The summed E-state index contributed by atoms with van der Waals surface area (Å²) in [4.78, 5) is 11.8. The largest absolute Gasteiger partial charge is 0.382 e. The van der Waals surface area contributed by atoms with Crippen LogP contribution in [0.2, 0.25) is 5.02 Å². The molecule has 0 atom stereocenters. The van der Waals surface area contributed by atoms with Gasteiger partial charge in [-0.3, -0.25) is 0 Å². The number of rotatable bonds is 4. The van der Waals surface area contributed by atoms with Gasteiger partial charge in [0, 0.05) is 19.9 Å². The van der Waals surface area contributed by atoms with Crippen LogP contribution >= 0.6 is 11.6 Å². The summed E-state index contributed by atoms with van der Waals surface area (Å²) in [5.74, 6) is 1.93. The number of hydrogen-bond acceptors (Lipinski definition) is 7. The zero-order valence-corrected chi connectivity index (χ0v) is 9.90. The Morgan fingerprint density at radius 1 is 1.47 bits per heavy atom. The molecule has 0 aliphatic carbocycles. The average molecular weight is 255 g/mol. The summed E-state index contributed by atoms with van der Waals surface area (Å²) in [6, 6.07) is 0. The SMILES string of the molecule is Cc1nc(CCNc2ncnc(N)c2Cl)no1. The number of nitrogen functional groups attached to an aromatic ring is 1. The molecule has 3 N–H and O–H groups in total. The smallest absolute Gasteiger partial charge is 0.223 e. The highest BCUT2D eigenvalue weighted by molar-refractivity contribution is 6.35. The highest BCUT2D eigenvalue weighted by atomic mass is 35.5. The number of halogens is 1. The fraction of sp³-hybridized carbons (Fsp3) is 0.333. The van der Waals surface area contributed by atoms with E-state index in [0.717, 1.165) is 0 Å². The highest BCUT2D eigenvalue weighted by Crippen LogP contribution is 2.22. The van der Waals surface area contributed by atoms with Crippen LogP contribution in [0.3, 0.4) is 0 Å². The molecule has 0 saturated heterocycles. The van der Waals surface area contributed by atoms with Gasteiger partial charge in [-0.2, -0.15) is 4.98 Å². The molecule has 0 radical (unpaired) electrons. The molecular formula is C9H11ClN6O. The van der Waals surface area contributed by atoms with Crippen molar-refractivity contribution in [3.8, 4) is 0 Å². The first kappa shape index (κ1) is 11.6. The third-order valence-electron chi connectivity index (χ3n) is 2.03. The molecule has 2 heterocycles. The van der Waals surface area contributed by atoms with Crippen LogP contribution < -0.4 is 11.1 Å². The van der Waals surface area contributed by atoms with Crippen molar-refractivity contribution in [3.63, 3.8) is 0 Å². The Bertz CT molecular complexity index is 514. The topological polar surface area (TPSA) is 103 Å². The van der Waals surface area contributed by atoms with E-state index in [1.165, 1.54) is 6.33 Å². The molecule has 7 nitrogen and oxygen atoms in total. The first-order valence-corrected chi connectivity index (χ1v) is 5.33. The minimum absolute atomic E-state index is 0.250. The van der Waals surface area contributed by atoms with Crippen LogP contribution in [-0.2, 0) is 6.42 Å². The molecule has 2 rings (SSSR count). The van der Waals surface area contributed by atoms with Crippen molar-refractivity contribution in [1.29, 1.82) is 0 Å². The summed E-state index contributed by atoms with van der Waals surface area (Å²) in [7, 11) is 0. The second-order valence-electron chi connectivity index (χ2n) is 3.33. The van der Waals surface area contributed by atoms with Gasteiger partial charge in [-0.25, -0.2) is 9.97 Å². The van der Waals surface area contributed by atoms with Crippen molar-refractivity contribution in [2.45, 2.75) is 13.3 Å². The van der Waals surface area contributed by atoms with Gasteiger partial charge in [-0.15, -0.1) is 0 Å². The van der Waals surface area contributed by atoms with Gasteiger partial charge in [0.25, 0.3) is 0 Å². The molecule has 0 bridgehead atoms. The molecular weight excluding hydrogens is 244 g/mol. The molecule has 0 aromatic carbocycles. The Labute approximate surface area is 102 Å². The van der Waals surface area contributed by atoms with Gasteiger partial charge in [-0.05, 0) is 0 Å². The summed E-state index contributed by atoms with van der Waals surface area (Å²) < 4.78 is 4.85. The molecule has 17 heavy (non-hydrogen) atoms. The van der Waals surface area contributed by atoms with Crippen molar-refractivity contribution < 1.29 is 4.52 Å². The quantitative estimate of drug-likeness (QED) is 0.841. The van der Waals surface area contributed by atoms with Crippen LogP contribution in [0.25, 0.3) is 0 Å². The van der Waals surface area contributed by atoms with E-state index in [-0.39, 0.29) is 5.82 Å². The van der Waals surface area contributed by atoms with Crippen LogP contribution in [0, 0.1) is 6.92 Å². The lowest BCUT2D eigenvalue weighted by Gasteiger charge is -2.06. The Kier molecular flexibility index (Phi) is 3.38. The first-order valence-electron chi connectivity index (χ1n) is 4.96. The van der Waals surface area contributed by atoms with E-state index in [2.05, 4.69) is 25.4 Å². The molecule has 90 valence electrons. The maximum atomic E-state index is 5.92. The average Bonchev–Trinajstić information content (AvgIpc) is 2.70. The number of aromatic nitrogens is 4. The molecule has 2 aromatic rings. The number of anilines is 2. The lowest BCUT2D eigenvalue weighted by atomic mass is 10.4. The Balaban J connectivity index is 1.92. The second-order valence-corrected chi connectivity index (χ2v) is 3.71. The van der Waals surface area contributed by atoms with Crippen molar-refractivity contribution in [2.75, 3.05) is 17.6 Å². The molecule has 0 amide bonds. The molecule has 0 fully saturated rings. The minimum Gasteiger partial charge on any atom is -0.382 e. The van der Waals surface area contributed by atoms with Gasteiger partial charge >= 0.3 is 0 Å². The van der Waals surface area contributed by atoms with Crippen LogP contribution in [0.15, 0.2) is 10.9 Å². The van der Waals surface area contributed by atoms with Gasteiger partial charge in [0.05, 0.1) is 0 Å². The zero-order valence-electron chi connectivity index (χ0n) is 9.14. The Morgan fingerprint density at radius 3 is 3.00 bits per heavy atom. The van der Waals surface area contributed by atoms with Gasteiger partial charge in [0.15, 0.2) is 5.82 Å². The van der Waals surface area contributed by atoms with Crippen molar-refractivity contribution in [3.05, 3.63) is 23.1 Å². The van der Waals surface area contributed by atoms with E-state index < -0.39 is 0 Å². The number of aryl methyl sites for hydroxylation is 1. The van der Waals surface area contributed by atoms with Crippen LogP contribution in [-0.4, -0.2) is 26.7 Å². The molecule has 0 unspecified atom stereocenters. The van der Waals surface area contributed by atoms with E-state index in [4.69, 9.17) is 21.9 Å². The third kappa shape index (κ3) is 2.82. The van der Waals surface area contributed by atoms with Crippen LogP contribution in [0.4, 0.5) is 11.6 Å². The molecule has 0 saturated carbocycles. The lowest BCUT2D eigenvalue weighted by molar-refractivity contribution is 0.387. The predicted octanol–water partition coefficient (Wildman–Crippen LogP) is 1.06. The third-order valence-corrected chi connectivity index (χ3v) is 2.40. The normalized spacial score (nSPS) is 10.5.